The van der Waals surface area contributed by atoms with Crippen molar-refractivity contribution in [3.8, 4) is 0 Å². The van der Waals surface area contributed by atoms with Gasteiger partial charge in [0.25, 0.3) is 0 Å². The number of halogens is 4. The summed E-state index contributed by atoms with van der Waals surface area (Å²) in [6.07, 6.45) is -0.338. The Labute approximate surface area is 207 Å². The molecular weight excluding hydrogens is 468 g/mol. The molecule has 1 fully saturated rings. The molecule has 1 unspecified atom stereocenters. The largest absolute Gasteiger partial charge is 0.416 e. The number of nitrogens with zero attached hydrogens (tertiary/aromatic N) is 2. The minimum Gasteiger partial charge on any atom is -0.343 e. The maximum atomic E-state index is 13.4. The number of fused-ring (bicyclic) bond motifs is 1. The Hall–Kier alpha value is -3.61. The van der Waals surface area contributed by atoms with Gasteiger partial charge in [-0.05, 0) is 59.9 Å². The second kappa shape index (κ2) is 9.80. The number of benzene rings is 3. The van der Waals surface area contributed by atoms with Gasteiger partial charge in [0.2, 0.25) is 5.91 Å². The van der Waals surface area contributed by atoms with E-state index < -0.39 is 17.7 Å². The smallest absolute Gasteiger partial charge is 0.343 e. The molecule has 1 atom stereocenters. The molecule has 4 aromatic rings. The van der Waals surface area contributed by atoms with Gasteiger partial charge in [0.15, 0.2) is 0 Å². The molecule has 1 aliphatic heterocycles. The molecule has 3 aromatic carbocycles. The van der Waals surface area contributed by atoms with Crippen LogP contribution in [-0.2, 0) is 17.5 Å². The number of alkyl halides is 3. The van der Waals surface area contributed by atoms with Crippen molar-refractivity contribution < 1.29 is 22.4 Å². The van der Waals surface area contributed by atoms with Gasteiger partial charge in [-0.15, -0.1) is 0 Å². The first kappa shape index (κ1) is 24.1. The molecule has 0 spiro atoms. The zero-order valence-corrected chi connectivity index (χ0v) is 19.6. The monoisotopic (exact) mass is 494 g/mol. The molecule has 0 radical (unpaired) electrons. The zero-order valence-electron chi connectivity index (χ0n) is 19.6. The van der Waals surface area contributed by atoms with Gasteiger partial charge >= 0.3 is 6.18 Å². The Morgan fingerprint density at radius 2 is 1.56 bits per heavy atom. The number of hydrogen-bond acceptors (Lipinski definition) is 1. The maximum absolute atomic E-state index is 13.4. The highest BCUT2D eigenvalue weighted by Gasteiger charge is 2.31. The quantitative estimate of drug-likeness (QED) is 0.265. The summed E-state index contributed by atoms with van der Waals surface area (Å²) in [6.45, 7) is 1.93. The van der Waals surface area contributed by atoms with Crippen molar-refractivity contribution in [2.45, 2.75) is 37.9 Å². The van der Waals surface area contributed by atoms with Crippen molar-refractivity contribution in [1.82, 2.24) is 9.47 Å². The van der Waals surface area contributed by atoms with E-state index in [2.05, 4.69) is 4.57 Å². The number of para-hydroxylation sites is 1. The lowest BCUT2D eigenvalue weighted by molar-refractivity contribution is -0.137. The van der Waals surface area contributed by atoms with Crippen LogP contribution in [0.5, 0.6) is 0 Å². The van der Waals surface area contributed by atoms with E-state index in [-0.39, 0.29) is 18.1 Å². The van der Waals surface area contributed by atoms with Gasteiger partial charge in [-0.2, -0.15) is 13.2 Å². The predicted molar refractivity (Wildman–Crippen MR) is 131 cm³/mol. The Balaban J connectivity index is 1.57. The van der Waals surface area contributed by atoms with Gasteiger partial charge in [0.05, 0.1) is 5.56 Å². The van der Waals surface area contributed by atoms with Crippen molar-refractivity contribution in [1.29, 1.82) is 0 Å². The number of amides is 1. The standard InChI is InChI=1S/C29H26F4N2O/c30-23-13-7-20(8-14-23)18-35-19-26(24-5-1-2-6-27(24)35)25(17-28(36)34-15-3-4-16-34)21-9-11-22(12-10-21)29(31,32)33/h1-2,5-14,19,25H,3-4,15-18H2. The summed E-state index contributed by atoms with van der Waals surface area (Å²) in [5, 5.41) is 0.943. The SMILES string of the molecule is O=C(CC(c1ccc(C(F)(F)F)cc1)c1cn(Cc2ccc(F)cc2)c2ccccc12)N1CCCC1. The van der Waals surface area contributed by atoms with Gasteiger partial charge in [0, 0.05) is 49.1 Å². The number of likely N-dealkylation sites (tertiary alicyclic amines) is 1. The molecule has 2 heterocycles. The second-order valence-electron chi connectivity index (χ2n) is 9.32. The number of rotatable bonds is 6. The molecule has 0 aliphatic carbocycles. The van der Waals surface area contributed by atoms with Crippen molar-refractivity contribution in [2.75, 3.05) is 13.1 Å². The fourth-order valence-electron chi connectivity index (χ4n) is 5.05. The van der Waals surface area contributed by atoms with Crippen molar-refractivity contribution in [2.24, 2.45) is 0 Å². The fraction of sp³-hybridized carbons (Fsp3) is 0.276. The minimum atomic E-state index is -4.43. The summed E-state index contributed by atoms with van der Waals surface area (Å²) < 4.78 is 55.1. The maximum Gasteiger partial charge on any atom is 0.416 e. The van der Waals surface area contributed by atoms with Crippen molar-refractivity contribution in [3.05, 3.63) is 107 Å². The van der Waals surface area contributed by atoms with E-state index in [1.165, 1.54) is 24.3 Å². The minimum absolute atomic E-state index is 0.00719. The van der Waals surface area contributed by atoms with Crippen LogP contribution in [0.1, 0.15) is 47.4 Å². The van der Waals surface area contributed by atoms with Crippen LogP contribution in [-0.4, -0.2) is 28.5 Å². The molecule has 0 saturated carbocycles. The average Bonchev–Trinajstić information content (AvgIpc) is 3.53. The number of carbonyl (C=O) groups excluding carboxylic acids is 1. The zero-order chi connectivity index (χ0) is 25.3. The van der Waals surface area contributed by atoms with Crippen LogP contribution in [0.2, 0.25) is 0 Å². The average molecular weight is 495 g/mol. The molecule has 3 nitrogen and oxygen atoms in total. The lowest BCUT2D eigenvalue weighted by Gasteiger charge is -2.22. The molecule has 0 N–H and O–H groups in total. The van der Waals surface area contributed by atoms with Crippen LogP contribution < -0.4 is 0 Å². The molecule has 1 aromatic heterocycles. The van der Waals surface area contributed by atoms with Crippen LogP contribution in [0.25, 0.3) is 10.9 Å². The summed E-state index contributed by atoms with van der Waals surface area (Å²) in [5.74, 6) is -0.702. The van der Waals surface area contributed by atoms with Gasteiger partial charge < -0.3 is 9.47 Å². The van der Waals surface area contributed by atoms with Crippen LogP contribution in [0.3, 0.4) is 0 Å². The normalized spacial score (nSPS) is 14.9. The molecule has 7 heteroatoms. The van der Waals surface area contributed by atoms with Crippen LogP contribution in [0, 0.1) is 5.82 Å². The lowest BCUT2D eigenvalue weighted by atomic mass is 9.87. The summed E-state index contributed by atoms with van der Waals surface area (Å²) in [7, 11) is 0. The first-order chi connectivity index (χ1) is 17.3. The van der Waals surface area contributed by atoms with Crippen molar-refractivity contribution in [3.63, 3.8) is 0 Å². The molecule has 186 valence electrons. The topological polar surface area (TPSA) is 25.2 Å². The summed E-state index contributed by atoms with van der Waals surface area (Å²) in [5.41, 5.74) is 2.71. The van der Waals surface area contributed by atoms with Gasteiger partial charge in [-0.25, -0.2) is 4.39 Å². The third-order valence-corrected chi connectivity index (χ3v) is 6.94. The van der Waals surface area contributed by atoms with Gasteiger partial charge in [-0.3, -0.25) is 4.79 Å². The molecule has 36 heavy (non-hydrogen) atoms. The first-order valence-electron chi connectivity index (χ1n) is 12.1. The van der Waals surface area contributed by atoms with Gasteiger partial charge in [0.1, 0.15) is 5.82 Å². The Morgan fingerprint density at radius 3 is 2.22 bits per heavy atom. The summed E-state index contributed by atoms with van der Waals surface area (Å²) in [4.78, 5) is 15.0. The van der Waals surface area contributed by atoms with E-state index in [0.29, 0.717) is 25.2 Å². The third-order valence-electron chi connectivity index (χ3n) is 6.94. The molecule has 1 amide bonds. The first-order valence-corrected chi connectivity index (χ1v) is 12.1. The van der Waals surface area contributed by atoms with E-state index in [9.17, 15) is 22.4 Å². The fourth-order valence-corrected chi connectivity index (χ4v) is 5.05. The number of carbonyl (C=O) groups is 1. The third kappa shape index (κ3) is 5.01. The summed E-state index contributed by atoms with van der Waals surface area (Å²) >= 11 is 0. The van der Waals surface area contributed by atoms with E-state index in [1.807, 2.05) is 35.4 Å². The van der Waals surface area contributed by atoms with Crippen LogP contribution in [0.4, 0.5) is 17.6 Å². The van der Waals surface area contributed by atoms with E-state index in [1.54, 1.807) is 12.1 Å². The van der Waals surface area contributed by atoms with E-state index in [4.69, 9.17) is 0 Å². The Morgan fingerprint density at radius 1 is 0.889 bits per heavy atom. The Bertz CT molecular complexity index is 1350. The highest BCUT2D eigenvalue weighted by atomic mass is 19.4. The highest BCUT2D eigenvalue weighted by molar-refractivity contribution is 5.87. The molecule has 0 bridgehead atoms. The lowest BCUT2D eigenvalue weighted by Crippen LogP contribution is -2.29. The van der Waals surface area contributed by atoms with E-state index >= 15 is 0 Å². The second-order valence-corrected chi connectivity index (χ2v) is 9.32. The molecular formula is C29H26F4N2O. The predicted octanol–water partition coefficient (Wildman–Crippen LogP) is 6.99. The van der Waals surface area contributed by atoms with Crippen LogP contribution >= 0.6 is 0 Å². The number of aromatic nitrogens is 1. The molecule has 5 rings (SSSR count). The van der Waals surface area contributed by atoms with Crippen LogP contribution in [0.15, 0.2) is 79.0 Å². The van der Waals surface area contributed by atoms with Crippen molar-refractivity contribution >= 4 is 16.8 Å². The summed E-state index contributed by atoms with van der Waals surface area (Å²) in [6, 6.07) is 19.2. The van der Waals surface area contributed by atoms with E-state index in [0.717, 1.165) is 47.0 Å². The molecule has 1 aliphatic rings. The number of hydrogen-bond donors (Lipinski definition) is 0. The molecule has 1 saturated heterocycles. The highest BCUT2D eigenvalue weighted by Crippen LogP contribution is 2.37. The Kier molecular flexibility index (Phi) is 6.56. The van der Waals surface area contributed by atoms with Gasteiger partial charge in [-0.1, -0.05) is 42.5 Å².